The summed E-state index contributed by atoms with van der Waals surface area (Å²) in [5.41, 5.74) is 1.32. The summed E-state index contributed by atoms with van der Waals surface area (Å²) in [4.78, 5) is 31.0. The molecule has 2 N–H and O–H groups in total. The second kappa shape index (κ2) is 5.92. The summed E-state index contributed by atoms with van der Waals surface area (Å²) in [6.45, 7) is 2.07. The Kier molecular flexibility index (Phi) is 4.05. The Labute approximate surface area is 115 Å². The molecular formula is C14H13N3O3. The van der Waals surface area contributed by atoms with E-state index in [4.69, 9.17) is 5.11 Å². The second-order valence-corrected chi connectivity index (χ2v) is 4.16. The van der Waals surface area contributed by atoms with Crippen molar-refractivity contribution in [1.29, 1.82) is 0 Å². The largest absolute Gasteiger partial charge is 0.478 e. The van der Waals surface area contributed by atoms with Gasteiger partial charge in [0.1, 0.15) is 5.69 Å². The van der Waals surface area contributed by atoms with Gasteiger partial charge in [-0.25, -0.2) is 4.79 Å². The Hall–Kier alpha value is -2.76. The van der Waals surface area contributed by atoms with Crippen LogP contribution in [0.2, 0.25) is 0 Å². The molecule has 0 spiro atoms. The molecule has 0 bridgehead atoms. The number of aromatic carboxylic acids is 1. The average molecular weight is 271 g/mol. The van der Waals surface area contributed by atoms with Gasteiger partial charge in [0.25, 0.3) is 5.91 Å². The maximum Gasteiger partial charge on any atom is 0.338 e. The minimum Gasteiger partial charge on any atom is -0.478 e. The molecule has 0 aromatic carbocycles. The summed E-state index contributed by atoms with van der Waals surface area (Å²) in [5.74, 6) is -1.72. The fourth-order valence-corrected chi connectivity index (χ4v) is 1.71. The number of pyridine rings is 2. The van der Waals surface area contributed by atoms with E-state index in [2.05, 4.69) is 15.3 Å². The minimum absolute atomic E-state index is 0.104. The van der Waals surface area contributed by atoms with Gasteiger partial charge in [-0.3, -0.25) is 14.8 Å². The van der Waals surface area contributed by atoms with Crippen LogP contribution >= 0.6 is 0 Å². The first-order chi connectivity index (χ1) is 9.58. The lowest BCUT2D eigenvalue weighted by Crippen LogP contribution is -2.26. The van der Waals surface area contributed by atoms with Crippen LogP contribution in [0.25, 0.3) is 0 Å². The predicted octanol–water partition coefficient (Wildman–Crippen LogP) is 1.41. The lowest BCUT2D eigenvalue weighted by molar-refractivity contribution is 0.0690. The summed E-state index contributed by atoms with van der Waals surface area (Å²) in [6.07, 6.45) is 1.38. The first-order valence-corrected chi connectivity index (χ1v) is 5.97. The van der Waals surface area contributed by atoms with Crippen molar-refractivity contribution in [2.75, 3.05) is 0 Å². The summed E-state index contributed by atoms with van der Waals surface area (Å²) in [5, 5.41) is 11.6. The van der Waals surface area contributed by atoms with E-state index < -0.39 is 11.9 Å². The van der Waals surface area contributed by atoms with Gasteiger partial charge in [-0.1, -0.05) is 6.07 Å². The topological polar surface area (TPSA) is 92.2 Å². The van der Waals surface area contributed by atoms with Gasteiger partial charge in [-0.05, 0) is 31.2 Å². The number of amides is 1. The number of rotatable bonds is 4. The van der Waals surface area contributed by atoms with E-state index in [1.807, 2.05) is 19.1 Å². The zero-order chi connectivity index (χ0) is 14.5. The molecule has 2 heterocycles. The number of carboxylic acid groups (broad SMARTS) is 1. The van der Waals surface area contributed by atoms with E-state index >= 15 is 0 Å². The van der Waals surface area contributed by atoms with Crippen LogP contribution in [0.15, 0.2) is 36.5 Å². The van der Waals surface area contributed by atoms with Crippen LogP contribution in [-0.2, 0) is 6.54 Å². The van der Waals surface area contributed by atoms with Crippen molar-refractivity contribution in [1.82, 2.24) is 15.3 Å². The Bertz CT molecular complexity index is 656. The first-order valence-electron chi connectivity index (χ1n) is 5.97. The van der Waals surface area contributed by atoms with E-state index in [1.165, 1.54) is 18.3 Å². The van der Waals surface area contributed by atoms with Crippen LogP contribution in [0, 0.1) is 6.92 Å². The molecule has 2 aromatic rings. The van der Waals surface area contributed by atoms with E-state index in [0.717, 1.165) is 5.69 Å². The average Bonchev–Trinajstić information content (AvgIpc) is 2.45. The molecule has 20 heavy (non-hydrogen) atoms. The monoisotopic (exact) mass is 271 g/mol. The maximum atomic E-state index is 12.0. The van der Waals surface area contributed by atoms with Gasteiger partial charge < -0.3 is 10.4 Å². The number of aromatic nitrogens is 2. The molecule has 0 atom stereocenters. The highest BCUT2D eigenvalue weighted by molar-refractivity contribution is 6.03. The van der Waals surface area contributed by atoms with E-state index in [-0.39, 0.29) is 17.8 Å². The van der Waals surface area contributed by atoms with Crippen LogP contribution in [0.3, 0.4) is 0 Å². The van der Waals surface area contributed by atoms with Gasteiger partial charge in [0.15, 0.2) is 0 Å². The second-order valence-electron chi connectivity index (χ2n) is 4.16. The minimum atomic E-state index is -1.18. The molecule has 2 aromatic heterocycles. The molecule has 2 rings (SSSR count). The zero-order valence-electron chi connectivity index (χ0n) is 10.8. The molecule has 0 aliphatic heterocycles. The normalized spacial score (nSPS) is 10.1. The van der Waals surface area contributed by atoms with E-state index in [1.54, 1.807) is 6.07 Å². The number of nitrogens with zero attached hydrogens (tertiary/aromatic N) is 2. The number of carbonyl (C=O) groups is 2. The Balaban J connectivity index is 2.11. The molecule has 1 amide bonds. The lowest BCUT2D eigenvalue weighted by atomic mass is 10.2. The van der Waals surface area contributed by atoms with Gasteiger partial charge in [0.2, 0.25) is 0 Å². The molecule has 102 valence electrons. The van der Waals surface area contributed by atoms with Crippen molar-refractivity contribution in [2.24, 2.45) is 0 Å². The summed E-state index contributed by atoms with van der Waals surface area (Å²) in [7, 11) is 0. The Morgan fingerprint density at radius 2 is 2.05 bits per heavy atom. The third-order valence-electron chi connectivity index (χ3n) is 2.63. The molecule has 0 unspecified atom stereocenters. The molecule has 0 aliphatic carbocycles. The fourth-order valence-electron chi connectivity index (χ4n) is 1.71. The first kappa shape index (κ1) is 13.7. The summed E-state index contributed by atoms with van der Waals surface area (Å²) < 4.78 is 0. The van der Waals surface area contributed by atoms with Gasteiger partial charge in [0.05, 0.1) is 17.8 Å². The van der Waals surface area contributed by atoms with Crippen molar-refractivity contribution in [3.63, 3.8) is 0 Å². The molecule has 6 heteroatoms. The molecule has 0 saturated carbocycles. The Morgan fingerprint density at radius 3 is 2.75 bits per heavy atom. The van der Waals surface area contributed by atoms with Crippen molar-refractivity contribution < 1.29 is 14.7 Å². The van der Waals surface area contributed by atoms with Crippen LogP contribution in [0.4, 0.5) is 0 Å². The van der Waals surface area contributed by atoms with Crippen LogP contribution in [-0.4, -0.2) is 27.0 Å². The smallest absolute Gasteiger partial charge is 0.338 e. The van der Waals surface area contributed by atoms with E-state index in [9.17, 15) is 9.59 Å². The summed E-state index contributed by atoms with van der Waals surface area (Å²) >= 11 is 0. The quantitative estimate of drug-likeness (QED) is 0.877. The van der Waals surface area contributed by atoms with Crippen LogP contribution in [0.5, 0.6) is 0 Å². The molecule has 0 radical (unpaired) electrons. The van der Waals surface area contributed by atoms with Crippen molar-refractivity contribution >= 4 is 11.9 Å². The molecule has 0 fully saturated rings. The number of hydrogen-bond acceptors (Lipinski definition) is 4. The van der Waals surface area contributed by atoms with Gasteiger partial charge in [0, 0.05) is 11.9 Å². The lowest BCUT2D eigenvalue weighted by Gasteiger charge is -2.06. The number of carboxylic acids is 1. The molecule has 0 saturated heterocycles. The highest BCUT2D eigenvalue weighted by Gasteiger charge is 2.17. The third kappa shape index (κ3) is 3.17. The standard InChI is InChI=1S/C14H13N3O3/c1-9-4-2-5-10(17-9)8-16-13(18)12-11(14(19)20)6-3-7-15-12/h2-7H,8H2,1H3,(H,16,18)(H,19,20). The number of aryl methyl sites for hydroxylation is 1. The molecule has 0 aliphatic rings. The third-order valence-corrected chi connectivity index (χ3v) is 2.63. The van der Waals surface area contributed by atoms with Gasteiger partial charge in [-0.2, -0.15) is 0 Å². The van der Waals surface area contributed by atoms with Gasteiger partial charge in [-0.15, -0.1) is 0 Å². The summed E-state index contributed by atoms with van der Waals surface area (Å²) in [6, 6.07) is 8.29. The molecule has 6 nitrogen and oxygen atoms in total. The van der Waals surface area contributed by atoms with Crippen LogP contribution < -0.4 is 5.32 Å². The van der Waals surface area contributed by atoms with Crippen LogP contribution in [0.1, 0.15) is 32.2 Å². The van der Waals surface area contributed by atoms with Crippen molar-refractivity contribution in [3.8, 4) is 0 Å². The van der Waals surface area contributed by atoms with E-state index in [0.29, 0.717) is 5.69 Å². The number of carbonyl (C=O) groups excluding carboxylic acids is 1. The van der Waals surface area contributed by atoms with Gasteiger partial charge >= 0.3 is 5.97 Å². The zero-order valence-corrected chi connectivity index (χ0v) is 10.8. The highest BCUT2D eigenvalue weighted by Crippen LogP contribution is 2.06. The van der Waals surface area contributed by atoms with Crippen molar-refractivity contribution in [3.05, 3.63) is 59.2 Å². The number of nitrogens with one attached hydrogen (secondary N) is 1. The predicted molar refractivity (Wildman–Crippen MR) is 71.3 cm³/mol. The Morgan fingerprint density at radius 1 is 1.25 bits per heavy atom. The van der Waals surface area contributed by atoms with Crippen molar-refractivity contribution in [2.45, 2.75) is 13.5 Å². The maximum absolute atomic E-state index is 12.0. The fraction of sp³-hybridized carbons (Fsp3) is 0.143. The number of hydrogen-bond donors (Lipinski definition) is 2. The highest BCUT2D eigenvalue weighted by atomic mass is 16.4. The molecular weight excluding hydrogens is 258 g/mol. The SMILES string of the molecule is Cc1cccc(CNC(=O)c2ncccc2C(=O)O)n1.